The molecule has 0 bridgehead atoms. The number of carbonyl (C=O) groups excluding carboxylic acids is 2. The number of nitriles is 1. The maximum absolute atomic E-state index is 12.0. The molecule has 0 unspecified atom stereocenters. The highest BCUT2D eigenvalue weighted by Crippen LogP contribution is 2.15. The lowest BCUT2D eigenvalue weighted by Gasteiger charge is -2.07. The van der Waals surface area contributed by atoms with Crippen LogP contribution >= 0.6 is 0 Å². The van der Waals surface area contributed by atoms with Gasteiger partial charge in [0.15, 0.2) is 6.61 Å². The van der Waals surface area contributed by atoms with Gasteiger partial charge in [0.2, 0.25) is 0 Å². The number of esters is 1. The van der Waals surface area contributed by atoms with E-state index in [1.165, 1.54) is 6.08 Å². The molecular formula is C22H22N2O4. The first-order chi connectivity index (χ1) is 13.6. The second-order valence-corrected chi connectivity index (χ2v) is 5.92. The van der Waals surface area contributed by atoms with E-state index in [1.807, 2.05) is 31.2 Å². The van der Waals surface area contributed by atoms with Crippen molar-refractivity contribution in [3.63, 3.8) is 0 Å². The smallest absolute Gasteiger partial charge is 0.349 e. The lowest BCUT2D eigenvalue weighted by molar-refractivity contribution is -0.136. The Hall–Kier alpha value is -3.59. The van der Waals surface area contributed by atoms with Crippen LogP contribution in [0, 0.1) is 11.3 Å². The van der Waals surface area contributed by atoms with Crippen LogP contribution in [-0.4, -0.2) is 25.0 Å². The maximum Gasteiger partial charge on any atom is 0.349 e. The first kappa shape index (κ1) is 20.7. The van der Waals surface area contributed by atoms with Gasteiger partial charge < -0.3 is 14.8 Å². The Morgan fingerprint density at radius 2 is 1.79 bits per heavy atom. The van der Waals surface area contributed by atoms with E-state index >= 15 is 0 Å². The van der Waals surface area contributed by atoms with Crippen LogP contribution in [0.25, 0.3) is 6.08 Å². The van der Waals surface area contributed by atoms with Gasteiger partial charge in [-0.25, -0.2) is 4.79 Å². The van der Waals surface area contributed by atoms with E-state index in [2.05, 4.69) is 5.32 Å². The lowest BCUT2D eigenvalue weighted by atomic mass is 10.1. The van der Waals surface area contributed by atoms with Crippen LogP contribution in [0.4, 0.5) is 0 Å². The molecule has 0 aliphatic rings. The van der Waals surface area contributed by atoms with Gasteiger partial charge in [0.1, 0.15) is 23.1 Å². The molecule has 2 rings (SSSR count). The number of carbonyl (C=O) groups is 2. The monoisotopic (exact) mass is 378 g/mol. The van der Waals surface area contributed by atoms with E-state index in [4.69, 9.17) is 9.47 Å². The zero-order valence-corrected chi connectivity index (χ0v) is 15.7. The molecule has 0 heterocycles. The molecule has 0 radical (unpaired) electrons. The Morgan fingerprint density at radius 3 is 2.43 bits per heavy atom. The zero-order chi connectivity index (χ0) is 20.2. The molecule has 0 spiro atoms. The minimum atomic E-state index is -0.528. The number of nitrogens with one attached hydrogen (secondary N) is 1. The van der Waals surface area contributed by atoms with Crippen LogP contribution in [-0.2, 0) is 9.59 Å². The van der Waals surface area contributed by atoms with Crippen molar-refractivity contribution >= 4 is 18.0 Å². The number of para-hydroxylation sites is 1. The Kier molecular flexibility index (Phi) is 8.28. The number of hydrogen-bond donors (Lipinski definition) is 1. The molecule has 0 atom stereocenters. The highest BCUT2D eigenvalue weighted by molar-refractivity contribution is 6.01. The van der Waals surface area contributed by atoms with Gasteiger partial charge in [-0.15, -0.1) is 0 Å². The van der Waals surface area contributed by atoms with E-state index < -0.39 is 11.9 Å². The van der Waals surface area contributed by atoms with Crippen LogP contribution in [0.5, 0.6) is 11.5 Å². The molecule has 0 aliphatic heterocycles. The Morgan fingerprint density at radius 1 is 1.07 bits per heavy atom. The topological polar surface area (TPSA) is 88.4 Å². The fraction of sp³-hybridized carbons (Fsp3) is 0.227. The predicted molar refractivity (Wildman–Crippen MR) is 106 cm³/mol. The Labute approximate surface area is 164 Å². The van der Waals surface area contributed by atoms with Gasteiger partial charge in [-0.2, -0.15) is 5.26 Å². The van der Waals surface area contributed by atoms with Crippen LogP contribution in [0.2, 0.25) is 0 Å². The summed E-state index contributed by atoms with van der Waals surface area (Å²) in [4.78, 5) is 23.8. The summed E-state index contributed by atoms with van der Waals surface area (Å²) in [5, 5.41) is 11.9. The molecule has 6 nitrogen and oxygen atoms in total. The molecule has 28 heavy (non-hydrogen) atoms. The molecule has 0 saturated carbocycles. The molecule has 0 saturated heterocycles. The summed E-state index contributed by atoms with van der Waals surface area (Å²) in [7, 11) is 0. The third kappa shape index (κ3) is 6.96. The fourth-order valence-corrected chi connectivity index (χ4v) is 2.24. The molecule has 6 heteroatoms. The third-order valence-corrected chi connectivity index (χ3v) is 3.70. The molecule has 0 fully saturated rings. The summed E-state index contributed by atoms with van der Waals surface area (Å²) in [6.45, 7) is 2.35. The first-order valence-electron chi connectivity index (χ1n) is 9.01. The van der Waals surface area contributed by atoms with Crippen LogP contribution in [0.15, 0.2) is 60.2 Å². The van der Waals surface area contributed by atoms with Crippen molar-refractivity contribution in [1.29, 1.82) is 5.26 Å². The number of nitrogens with zero attached hydrogens (tertiary/aromatic N) is 1. The summed E-state index contributed by atoms with van der Waals surface area (Å²) in [6.07, 6.45) is 3.31. The molecule has 144 valence electrons. The number of benzene rings is 2. The third-order valence-electron chi connectivity index (χ3n) is 3.70. The highest BCUT2D eigenvalue weighted by atomic mass is 16.6. The molecule has 1 amide bonds. The van der Waals surface area contributed by atoms with Gasteiger partial charge >= 0.3 is 5.97 Å². The predicted octanol–water partition coefficient (Wildman–Crippen LogP) is 3.49. The van der Waals surface area contributed by atoms with Crippen molar-refractivity contribution < 1.29 is 19.1 Å². The fourth-order valence-electron chi connectivity index (χ4n) is 2.24. The van der Waals surface area contributed by atoms with E-state index in [9.17, 15) is 14.9 Å². The van der Waals surface area contributed by atoms with Gasteiger partial charge in [-0.1, -0.05) is 43.7 Å². The van der Waals surface area contributed by atoms with Gasteiger partial charge in [-0.3, -0.25) is 4.79 Å². The minimum Gasteiger partial charge on any atom is -0.482 e. The van der Waals surface area contributed by atoms with Crippen molar-refractivity contribution in [2.75, 3.05) is 13.2 Å². The number of rotatable bonds is 9. The van der Waals surface area contributed by atoms with Gasteiger partial charge in [-0.05, 0) is 42.3 Å². The summed E-state index contributed by atoms with van der Waals surface area (Å²) < 4.78 is 10.5. The quantitative estimate of drug-likeness (QED) is 0.237. The summed E-state index contributed by atoms with van der Waals surface area (Å²) in [5.41, 5.74) is 0.680. The van der Waals surface area contributed by atoms with Crippen LogP contribution < -0.4 is 14.8 Å². The van der Waals surface area contributed by atoms with Crippen LogP contribution in [0.3, 0.4) is 0 Å². The van der Waals surface area contributed by atoms with Crippen molar-refractivity contribution in [2.45, 2.75) is 19.8 Å². The second kappa shape index (κ2) is 11.2. The average molecular weight is 378 g/mol. The molecule has 2 aromatic rings. The van der Waals surface area contributed by atoms with Gasteiger partial charge in [0.25, 0.3) is 5.91 Å². The number of hydrogen-bond acceptors (Lipinski definition) is 5. The summed E-state index contributed by atoms with van der Waals surface area (Å²) in [6, 6.07) is 17.4. The van der Waals surface area contributed by atoms with Crippen molar-refractivity contribution in [1.82, 2.24) is 5.32 Å². The number of ether oxygens (including phenoxy) is 2. The van der Waals surface area contributed by atoms with Gasteiger partial charge in [0.05, 0.1) is 0 Å². The van der Waals surface area contributed by atoms with Crippen molar-refractivity contribution in [3.05, 3.63) is 65.7 Å². The Balaban J connectivity index is 1.90. The van der Waals surface area contributed by atoms with E-state index in [0.717, 1.165) is 12.8 Å². The average Bonchev–Trinajstić information content (AvgIpc) is 2.72. The molecule has 0 aromatic heterocycles. The summed E-state index contributed by atoms with van der Waals surface area (Å²) >= 11 is 0. The Bertz CT molecular complexity index is 852. The number of amides is 1. The minimum absolute atomic E-state index is 0.0251. The summed E-state index contributed by atoms with van der Waals surface area (Å²) in [5.74, 6) is 0.00979. The molecule has 2 aromatic carbocycles. The van der Waals surface area contributed by atoms with E-state index in [0.29, 0.717) is 23.6 Å². The highest BCUT2D eigenvalue weighted by Gasteiger charge is 2.09. The molecular weight excluding hydrogens is 356 g/mol. The van der Waals surface area contributed by atoms with E-state index in [1.54, 1.807) is 36.4 Å². The normalized spacial score (nSPS) is 10.6. The standard InChI is InChI=1S/C22H22N2O4/c1-2-3-13-24-22(26)18(15-23)14-17-9-11-20(12-10-17)28-21(25)16-27-19-7-5-4-6-8-19/h4-12,14H,2-3,13,16H2,1H3,(H,24,26)/b18-14+. The van der Waals surface area contributed by atoms with Crippen molar-refractivity contribution in [3.8, 4) is 17.6 Å². The lowest BCUT2D eigenvalue weighted by Crippen LogP contribution is -2.25. The molecule has 0 aliphatic carbocycles. The van der Waals surface area contributed by atoms with Crippen LogP contribution in [0.1, 0.15) is 25.3 Å². The van der Waals surface area contributed by atoms with E-state index in [-0.39, 0.29) is 12.2 Å². The maximum atomic E-state index is 12.0. The number of unbranched alkanes of at least 4 members (excludes halogenated alkanes) is 1. The second-order valence-electron chi connectivity index (χ2n) is 5.92. The van der Waals surface area contributed by atoms with Gasteiger partial charge in [0, 0.05) is 6.54 Å². The molecule has 1 N–H and O–H groups in total. The zero-order valence-electron chi connectivity index (χ0n) is 15.7. The largest absolute Gasteiger partial charge is 0.482 e. The van der Waals surface area contributed by atoms with Crippen molar-refractivity contribution in [2.24, 2.45) is 0 Å². The first-order valence-corrected chi connectivity index (χ1v) is 9.01. The SMILES string of the molecule is CCCCNC(=O)/C(C#N)=C/c1ccc(OC(=O)COc2ccccc2)cc1.